The highest BCUT2D eigenvalue weighted by Gasteiger charge is 2.18. The highest BCUT2D eigenvalue weighted by Crippen LogP contribution is 2.20. The molecule has 3 aromatic rings. The SMILES string of the molecule is CC(C)N(Cc1ccccc1)C(=O)CCCn1c(=O)oc2cc([N+](=O)[O-])ccc21. The van der Waals surface area contributed by atoms with Gasteiger partial charge in [-0.1, -0.05) is 30.3 Å². The first kappa shape index (κ1) is 20.3. The van der Waals surface area contributed by atoms with Gasteiger partial charge >= 0.3 is 5.76 Å². The average molecular weight is 397 g/mol. The standard InChI is InChI=1S/C21H23N3O5/c1-15(2)23(14-16-7-4-3-5-8-16)20(25)9-6-12-22-18-11-10-17(24(27)28)13-19(18)29-21(22)26/h3-5,7-8,10-11,13,15H,6,9,12,14H2,1-2H3. The summed E-state index contributed by atoms with van der Waals surface area (Å²) in [4.78, 5) is 37.0. The van der Waals surface area contributed by atoms with Gasteiger partial charge in [0.1, 0.15) is 0 Å². The highest BCUT2D eigenvalue weighted by molar-refractivity contribution is 5.77. The van der Waals surface area contributed by atoms with Crippen molar-refractivity contribution in [3.05, 3.63) is 74.8 Å². The summed E-state index contributed by atoms with van der Waals surface area (Å²) in [6, 6.07) is 13.9. The largest absolute Gasteiger partial charge is 0.419 e. The van der Waals surface area contributed by atoms with Crippen molar-refractivity contribution >= 4 is 22.7 Å². The normalized spacial score (nSPS) is 11.1. The van der Waals surface area contributed by atoms with Gasteiger partial charge in [0, 0.05) is 31.6 Å². The summed E-state index contributed by atoms with van der Waals surface area (Å²) in [5.41, 5.74) is 1.58. The summed E-state index contributed by atoms with van der Waals surface area (Å²) in [5, 5.41) is 10.9. The minimum absolute atomic E-state index is 0.0142. The Morgan fingerprint density at radius 1 is 1.21 bits per heavy atom. The molecule has 0 aliphatic carbocycles. The van der Waals surface area contributed by atoms with Gasteiger partial charge in [0.15, 0.2) is 5.58 Å². The van der Waals surface area contributed by atoms with Crippen LogP contribution in [0.4, 0.5) is 5.69 Å². The number of aryl methyl sites for hydroxylation is 1. The fourth-order valence-corrected chi connectivity index (χ4v) is 3.25. The third-order valence-electron chi connectivity index (χ3n) is 4.77. The Morgan fingerprint density at radius 2 is 1.93 bits per heavy atom. The minimum Gasteiger partial charge on any atom is -0.407 e. The topological polar surface area (TPSA) is 98.6 Å². The number of amides is 1. The van der Waals surface area contributed by atoms with Crippen LogP contribution in [0.15, 0.2) is 57.7 Å². The molecule has 1 aromatic heterocycles. The lowest BCUT2D eigenvalue weighted by molar-refractivity contribution is -0.384. The molecule has 0 fully saturated rings. The molecule has 152 valence electrons. The number of nitro groups is 1. The van der Waals surface area contributed by atoms with E-state index in [1.165, 1.54) is 22.8 Å². The van der Waals surface area contributed by atoms with E-state index in [4.69, 9.17) is 4.42 Å². The van der Waals surface area contributed by atoms with E-state index in [1.54, 1.807) is 0 Å². The van der Waals surface area contributed by atoms with Gasteiger partial charge in [-0.2, -0.15) is 0 Å². The Kier molecular flexibility index (Phi) is 6.11. The lowest BCUT2D eigenvalue weighted by atomic mass is 10.1. The molecule has 0 saturated heterocycles. The predicted molar refractivity (Wildman–Crippen MR) is 108 cm³/mol. The summed E-state index contributed by atoms with van der Waals surface area (Å²) in [7, 11) is 0. The van der Waals surface area contributed by atoms with E-state index in [2.05, 4.69) is 0 Å². The molecule has 0 unspecified atom stereocenters. The van der Waals surface area contributed by atoms with Gasteiger partial charge in [-0.15, -0.1) is 0 Å². The number of non-ortho nitro benzene ring substituents is 1. The van der Waals surface area contributed by atoms with Gasteiger partial charge in [0.2, 0.25) is 5.91 Å². The van der Waals surface area contributed by atoms with Gasteiger partial charge in [0.25, 0.3) is 5.69 Å². The summed E-state index contributed by atoms with van der Waals surface area (Å²) in [6.45, 7) is 4.78. The number of hydrogen-bond donors (Lipinski definition) is 0. The number of benzene rings is 2. The number of carbonyl (C=O) groups is 1. The van der Waals surface area contributed by atoms with Crippen LogP contribution in [0.3, 0.4) is 0 Å². The fraction of sp³-hybridized carbons (Fsp3) is 0.333. The van der Waals surface area contributed by atoms with Crippen LogP contribution in [0.2, 0.25) is 0 Å². The lowest BCUT2D eigenvalue weighted by Crippen LogP contribution is -2.36. The van der Waals surface area contributed by atoms with Crippen LogP contribution in [0.1, 0.15) is 32.3 Å². The number of rotatable bonds is 8. The Balaban J connectivity index is 1.66. The fourth-order valence-electron chi connectivity index (χ4n) is 3.25. The summed E-state index contributed by atoms with van der Waals surface area (Å²) in [5.74, 6) is -0.571. The number of aromatic nitrogens is 1. The molecule has 0 radical (unpaired) electrons. The molecule has 2 aromatic carbocycles. The van der Waals surface area contributed by atoms with Crippen molar-refractivity contribution in [2.45, 2.75) is 45.8 Å². The van der Waals surface area contributed by atoms with Gasteiger partial charge < -0.3 is 9.32 Å². The molecule has 8 nitrogen and oxygen atoms in total. The van der Waals surface area contributed by atoms with E-state index in [0.29, 0.717) is 25.0 Å². The average Bonchev–Trinajstić information content (AvgIpc) is 3.01. The van der Waals surface area contributed by atoms with E-state index in [1.807, 2.05) is 49.1 Å². The number of nitro benzene ring substituents is 1. The summed E-state index contributed by atoms with van der Waals surface area (Å²) in [6.07, 6.45) is 0.749. The maximum atomic E-state index is 12.7. The third kappa shape index (κ3) is 4.71. The zero-order valence-electron chi connectivity index (χ0n) is 16.4. The van der Waals surface area contributed by atoms with Gasteiger partial charge in [-0.25, -0.2) is 4.79 Å². The van der Waals surface area contributed by atoms with Gasteiger partial charge in [-0.3, -0.25) is 19.5 Å². The monoisotopic (exact) mass is 397 g/mol. The summed E-state index contributed by atoms with van der Waals surface area (Å²) < 4.78 is 6.53. The van der Waals surface area contributed by atoms with Crippen LogP contribution in [0, 0.1) is 10.1 Å². The molecule has 0 aliphatic rings. The van der Waals surface area contributed by atoms with Crippen molar-refractivity contribution in [1.29, 1.82) is 0 Å². The second kappa shape index (κ2) is 8.72. The van der Waals surface area contributed by atoms with Gasteiger partial charge in [0.05, 0.1) is 16.5 Å². The summed E-state index contributed by atoms with van der Waals surface area (Å²) >= 11 is 0. The molecule has 0 N–H and O–H groups in total. The van der Waals surface area contributed by atoms with E-state index < -0.39 is 10.7 Å². The minimum atomic E-state index is -0.585. The van der Waals surface area contributed by atoms with Crippen LogP contribution < -0.4 is 5.76 Å². The molecule has 0 bridgehead atoms. The molecule has 3 rings (SSSR count). The Morgan fingerprint density at radius 3 is 2.59 bits per heavy atom. The maximum Gasteiger partial charge on any atom is 0.419 e. The Labute approximate surface area is 167 Å². The van der Waals surface area contributed by atoms with Crippen LogP contribution in [-0.4, -0.2) is 26.3 Å². The van der Waals surface area contributed by atoms with Crippen molar-refractivity contribution in [1.82, 2.24) is 9.47 Å². The predicted octanol–water partition coefficient (Wildman–Crippen LogP) is 3.72. The van der Waals surface area contributed by atoms with Crippen LogP contribution in [0.5, 0.6) is 0 Å². The highest BCUT2D eigenvalue weighted by atomic mass is 16.6. The molecular weight excluding hydrogens is 374 g/mol. The van der Waals surface area contributed by atoms with Crippen molar-refractivity contribution in [2.75, 3.05) is 0 Å². The first-order chi connectivity index (χ1) is 13.9. The molecule has 1 amide bonds. The van der Waals surface area contributed by atoms with Crippen LogP contribution >= 0.6 is 0 Å². The van der Waals surface area contributed by atoms with E-state index in [0.717, 1.165) is 5.56 Å². The van der Waals surface area contributed by atoms with E-state index >= 15 is 0 Å². The molecule has 29 heavy (non-hydrogen) atoms. The Hall–Kier alpha value is -3.42. The molecule has 0 spiro atoms. The van der Waals surface area contributed by atoms with E-state index in [9.17, 15) is 19.7 Å². The van der Waals surface area contributed by atoms with Crippen molar-refractivity contribution < 1.29 is 14.1 Å². The van der Waals surface area contributed by atoms with Crippen LogP contribution in [-0.2, 0) is 17.9 Å². The number of nitrogens with zero attached hydrogens (tertiary/aromatic N) is 3. The third-order valence-corrected chi connectivity index (χ3v) is 4.77. The van der Waals surface area contributed by atoms with Crippen molar-refractivity contribution in [3.8, 4) is 0 Å². The van der Waals surface area contributed by atoms with Crippen molar-refractivity contribution in [3.63, 3.8) is 0 Å². The number of fused-ring (bicyclic) bond motifs is 1. The zero-order chi connectivity index (χ0) is 21.0. The Bertz CT molecular complexity index is 1070. The quantitative estimate of drug-likeness (QED) is 0.426. The second-order valence-electron chi connectivity index (χ2n) is 7.13. The molecule has 8 heteroatoms. The van der Waals surface area contributed by atoms with Crippen LogP contribution in [0.25, 0.3) is 11.1 Å². The van der Waals surface area contributed by atoms with E-state index in [-0.39, 0.29) is 29.6 Å². The number of oxazole rings is 1. The van der Waals surface area contributed by atoms with Crippen molar-refractivity contribution in [2.24, 2.45) is 0 Å². The maximum absolute atomic E-state index is 12.7. The second-order valence-corrected chi connectivity index (χ2v) is 7.13. The smallest absolute Gasteiger partial charge is 0.407 e. The molecule has 0 aliphatic heterocycles. The zero-order valence-corrected chi connectivity index (χ0v) is 16.4. The molecular formula is C21H23N3O5. The number of hydrogen-bond acceptors (Lipinski definition) is 5. The first-order valence-corrected chi connectivity index (χ1v) is 9.48. The van der Waals surface area contributed by atoms with Gasteiger partial charge in [-0.05, 0) is 31.9 Å². The molecule has 1 heterocycles. The number of carbonyl (C=O) groups excluding carboxylic acids is 1. The molecule has 0 saturated carbocycles. The first-order valence-electron chi connectivity index (χ1n) is 9.48. The lowest BCUT2D eigenvalue weighted by Gasteiger charge is -2.27. The molecule has 0 atom stereocenters.